The molecule has 0 heterocycles. The molecule has 19 heavy (non-hydrogen) atoms. The highest BCUT2D eigenvalue weighted by Crippen LogP contribution is 2.29. The van der Waals surface area contributed by atoms with Gasteiger partial charge in [0.1, 0.15) is 6.10 Å². The van der Waals surface area contributed by atoms with E-state index in [2.05, 4.69) is 35.0 Å². The largest absolute Gasteiger partial charge is 0.384 e. The minimum absolute atomic E-state index is 0.578. The van der Waals surface area contributed by atoms with Gasteiger partial charge in [-0.05, 0) is 41.7 Å². The van der Waals surface area contributed by atoms with Gasteiger partial charge < -0.3 is 5.11 Å². The van der Waals surface area contributed by atoms with E-state index in [1.165, 1.54) is 11.1 Å². The smallest absolute Gasteiger partial charge is 0.105 e. The van der Waals surface area contributed by atoms with E-state index in [1.54, 1.807) is 0 Å². The molecule has 1 nitrogen and oxygen atoms in total. The van der Waals surface area contributed by atoms with Gasteiger partial charge in [0, 0.05) is 4.47 Å². The zero-order chi connectivity index (χ0) is 13.8. The van der Waals surface area contributed by atoms with Gasteiger partial charge in [0.2, 0.25) is 0 Å². The average molecular weight is 319 g/mol. The van der Waals surface area contributed by atoms with Gasteiger partial charge in [-0.2, -0.15) is 0 Å². The highest BCUT2D eigenvalue weighted by molar-refractivity contribution is 9.10. The molecular formula is C17H19BrO. The van der Waals surface area contributed by atoms with E-state index in [-0.39, 0.29) is 0 Å². The lowest BCUT2D eigenvalue weighted by Gasteiger charge is -2.14. The van der Waals surface area contributed by atoms with Crippen LogP contribution < -0.4 is 0 Å². The molecule has 0 radical (unpaired) electrons. The summed E-state index contributed by atoms with van der Waals surface area (Å²) in [5.74, 6) is 0. The van der Waals surface area contributed by atoms with E-state index in [4.69, 9.17) is 0 Å². The predicted molar refractivity (Wildman–Crippen MR) is 83.4 cm³/mol. The third kappa shape index (κ3) is 3.46. The van der Waals surface area contributed by atoms with Gasteiger partial charge in [0.25, 0.3) is 0 Å². The van der Waals surface area contributed by atoms with Crippen molar-refractivity contribution in [2.75, 3.05) is 0 Å². The van der Waals surface area contributed by atoms with E-state index in [1.807, 2.05) is 37.3 Å². The lowest BCUT2D eigenvalue weighted by Crippen LogP contribution is -2.01. The van der Waals surface area contributed by atoms with Crippen LogP contribution in [0.4, 0.5) is 0 Å². The van der Waals surface area contributed by atoms with E-state index in [0.29, 0.717) is 0 Å². The van der Waals surface area contributed by atoms with Crippen LogP contribution in [-0.4, -0.2) is 5.11 Å². The standard InChI is InChI=1S/C17H19BrO/c1-3-4-13-6-8-14(9-7-13)17(19)15-10-5-12(2)11-16(15)18/h5-11,17,19H,3-4H2,1-2H3. The van der Waals surface area contributed by atoms with Gasteiger partial charge >= 0.3 is 0 Å². The second kappa shape index (κ2) is 6.36. The lowest BCUT2D eigenvalue weighted by molar-refractivity contribution is 0.219. The number of rotatable bonds is 4. The number of aryl methyl sites for hydroxylation is 2. The molecule has 2 rings (SSSR count). The molecule has 0 saturated carbocycles. The SMILES string of the molecule is CCCc1ccc(C(O)c2ccc(C)cc2Br)cc1. The van der Waals surface area contributed by atoms with Crippen LogP contribution in [-0.2, 0) is 6.42 Å². The fraction of sp³-hybridized carbons (Fsp3) is 0.294. The number of hydrogen-bond donors (Lipinski definition) is 1. The fourth-order valence-corrected chi connectivity index (χ4v) is 2.90. The molecule has 0 saturated heterocycles. The van der Waals surface area contributed by atoms with Crippen LogP contribution >= 0.6 is 15.9 Å². The Morgan fingerprint density at radius 1 is 1.11 bits per heavy atom. The van der Waals surface area contributed by atoms with E-state index >= 15 is 0 Å². The summed E-state index contributed by atoms with van der Waals surface area (Å²) in [5, 5.41) is 10.5. The summed E-state index contributed by atoms with van der Waals surface area (Å²) in [6, 6.07) is 14.3. The first-order valence-electron chi connectivity index (χ1n) is 6.64. The Hall–Kier alpha value is -1.12. The van der Waals surface area contributed by atoms with Crippen LogP contribution in [0, 0.1) is 6.92 Å². The van der Waals surface area contributed by atoms with Crippen molar-refractivity contribution in [3.05, 3.63) is 69.2 Å². The molecule has 0 spiro atoms. The number of aliphatic hydroxyl groups is 1. The van der Waals surface area contributed by atoms with Crippen molar-refractivity contribution in [1.82, 2.24) is 0 Å². The zero-order valence-corrected chi connectivity index (χ0v) is 12.9. The van der Waals surface area contributed by atoms with Crippen molar-refractivity contribution in [1.29, 1.82) is 0 Å². The molecule has 0 aliphatic heterocycles. The number of halogens is 1. The molecule has 1 N–H and O–H groups in total. The van der Waals surface area contributed by atoms with Gasteiger partial charge in [0.15, 0.2) is 0 Å². The normalized spacial score (nSPS) is 12.4. The van der Waals surface area contributed by atoms with Crippen molar-refractivity contribution in [2.24, 2.45) is 0 Å². The third-order valence-electron chi connectivity index (χ3n) is 3.28. The molecule has 2 aromatic rings. The Balaban J connectivity index is 2.25. The molecule has 1 unspecified atom stereocenters. The summed E-state index contributed by atoms with van der Waals surface area (Å²) in [6.45, 7) is 4.21. The van der Waals surface area contributed by atoms with E-state index in [9.17, 15) is 5.11 Å². The second-order valence-corrected chi connectivity index (χ2v) is 5.77. The summed E-state index contributed by atoms with van der Waals surface area (Å²) in [4.78, 5) is 0. The van der Waals surface area contributed by atoms with Crippen molar-refractivity contribution in [3.8, 4) is 0 Å². The lowest BCUT2D eigenvalue weighted by atomic mass is 9.99. The maximum Gasteiger partial charge on any atom is 0.105 e. The first-order chi connectivity index (χ1) is 9.11. The van der Waals surface area contributed by atoms with Crippen LogP contribution in [0.3, 0.4) is 0 Å². The summed E-state index contributed by atoms with van der Waals surface area (Å²) < 4.78 is 0.956. The minimum atomic E-state index is -0.578. The van der Waals surface area contributed by atoms with Crippen LogP contribution in [0.15, 0.2) is 46.9 Å². The molecule has 2 aromatic carbocycles. The van der Waals surface area contributed by atoms with Gasteiger partial charge in [-0.25, -0.2) is 0 Å². The molecule has 0 aliphatic rings. The van der Waals surface area contributed by atoms with Crippen molar-refractivity contribution < 1.29 is 5.11 Å². The number of hydrogen-bond acceptors (Lipinski definition) is 1. The Morgan fingerprint density at radius 2 is 1.79 bits per heavy atom. The van der Waals surface area contributed by atoms with E-state index in [0.717, 1.165) is 28.4 Å². The van der Waals surface area contributed by atoms with Gasteiger partial charge in [0.05, 0.1) is 0 Å². The average Bonchev–Trinajstić information content (AvgIpc) is 2.39. The Kier molecular flexibility index (Phi) is 4.78. The Morgan fingerprint density at radius 3 is 2.37 bits per heavy atom. The van der Waals surface area contributed by atoms with E-state index < -0.39 is 6.10 Å². The monoisotopic (exact) mass is 318 g/mol. The second-order valence-electron chi connectivity index (χ2n) is 4.92. The molecule has 1 atom stereocenters. The summed E-state index contributed by atoms with van der Waals surface area (Å²) >= 11 is 3.52. The molecule has 0 fully saturated rings. The molecule has 100 valence electrons. The topological polar surface area (TPSA) is 20.2 Å². The summed E-state index contributed by atoms with van der Waals surface area (Å²) in [7, 11) is 0. The number of aliphatic hydroxyl groups excluding tert-OH is 1. The van der Waals surface area contributed by atoms with Crippen molar-refractivity contribution >= 4 is 15.9 Å². The Bertz CT molecular complexity index is 546. The van der Waals surface area contributed by atoms with Crippen LogP contribution in [0.1, 0.15) is 41.7 Å². The quantitative estimate of drug-likeness (QED) is 0.859. The van der Waals surface area contributed by atoms with Crippen LogP contribution in [0.2, 0.25) is 0 Å². The molecule has 0 aromatic heterocycles. The van der Waals surface area contributed by atoms with Gasteiger partial charge in [-0.3, -0.25) is 0 Å². The first kappa shape index (κ1) is 14.3. The fourth-order valence-electron chi connectivity index (χ4n) is 2.19. The molecule has 0 bridgehead atoms. The molecular weight excluding hydrogens is 300 g/mol. The molecule has 0 amide bonds. The zero-order valence-electron chi connectivity index (χ0n) is 11.4. The molecule has 2 heteroatoms. The Labute approximate surface area is 123 Å². The predicted octanol–water partition coefficient (Wildman–Crippen LogP) is 4.79. The van der Waals surface area contributed by atoms with Crippen LogP contribution in [0.5, 0.6) is 0 Å². The number of benzene rings is 2. The third-order valence-corrected chi connectivity index (χ3v) is 3.97. The summed E-state index contributed by atoms with van der Waals surface area (Å²) in [5.41, 5.74) is 4.35. The summed E-state index contributed by atoms with van der Waals surface area (Å²) in [6.07, 6.45) is 1.65. The maximum atomic E-state index is 10.5. The highest BCUT2D eigenvalue weighted by atomic mass is 79.9. The van der Waals surface area contributed by atoms with Gasteiger partial charge in [-0.15, -0.1) is 0 Å². The first-order valence-corrected chi connectivity index (χ1v) is 7.44. The minimum Gasteiger partial charge on any atom is -0.384 e. The van der Waals surface area contributed by atoms with Crippen molar-refractivity contribution in [2.45, 2.75) is 32.8 Å². The van der Waals surface area contributed by atoms with Gasteiger partial charge in [-0.1, -0.05) is 65.7 Å². The molecule has 0 aliphatic carbocycles. The maximum absolute atomic E-state index is 10.5. The van der Waals surface area contributed by atoms with Crippen LogP contribution in [0.25, 0.3) is 0 Å². The van der Waals surface area contributed by atoms with Crippen molar-refractivity contribution in [3.63, 3.8) is 0 Å². The highest BCUT2D eigenvalue weighted by Gasteiger charge is 2.13.